The van der Waals surface area contributed by atoms with E-state index >= 15 is 0 Å². The molecule has 0 heterocycles. The van der Waals surface area contributed by atoms with Gasteiger partial charge in [0.1, 0.15) is 18.2 Å². The molecule has 0 aliphatic heterocycles. The van der Waals surface area contributed by atoms with Crippen LogP contribution in [0.4, 0.5) is 0 Å². The summed E-state index contributed by atoms with van der Waals surface area (Å²) in [5.41, 5.74) is 5.02. The molecule has 1 rings (SSSR count). The first-order chi connectivity index (χ1) is 9.17. The van der Waals surface area contributed by atoms with E-state index in [1.807, 2.05) is 24.3 Å². The number of rotatable bonds is 8. The van der Waals surface area contributed by atoms with Crippen molar-refractivity contribution in [2.75, 3.05) is 13.2 Å². The van der Waals surface area contributed by atoms with Gasteiger partial charge in [0.15, 0.2) is 0 Å². The number of carbonyl (C=O) groups excluding carboxylic acids is 1. The lowest BCUT2D eigenvalue weighted by Gasteiger charge is -2.10. The average molecular weight is 266 g/mol. The Balaban J connectivity index is 2.48. The van der Waals surface area contributed by atoms with Gasteiger partial charge in [-0.2, -0.15) is 0 Å². The van der Waals surface area contributed by atoms with Crippen LogP contribution < -0.4 is 10.5 Å². The molecule has 0 bridgehead atoms. The summed E-state index contributed by atoms with van der Waals surface area (Å²) in [6.07, 6.45) is 2.49. The Morgan fingerprint density at radius 1 is 1.26 bits per heavy atom. The number of ether oxygens (including phenoxy) is 2. The summed E-state index contributed by atoms with van der Waals surface area (Å²) in [5, 5.41) is 0. The lowest BCUT2D eigenvalue weighted by Crippen LogP contribution is -2.54. The zero-order chi connectivity index (χ0) is 14.1. The van der Waals surface area contributed by atoms with Crippen LogP contribution in [-0.4, -0.2) is 19.2 Å². The highest BCUT2D eigenvalue weighted by molar-refractivity contribution is 5.70. The average Bonchev–Trinajstić information content (AvgIpc) is 2.40. The van der Waals surface area contributed by atoms with Gasteiger partial charge in [-0.1, -0.05) is 13.3 Å². The maximum atomic E-state index is 11.4. The molecule has 0 unspecified atom stereocenters. The smallest absolute Gasteiger partial charge is 0.312 e. The Labute approximate surface area is 114 Å². The van der Waals surface area contributed by atoms with Crippen LogP contribution in [0.15, 0.2) is 24.3 Å². The molecule has 0 amide bonds. The number of unbranched alkanes of at least 4 members (excludes halogenated alkanes) is 1. The van der Waals surface area contributed by atoms with E-state index in [4.69, 9.17) is 9.47 Å². The summed E-state index contributed by atoms with van der Waals surface area (Å²) in [6.45, 7) is 5.09. The van der Waals surface area contributed by atoms with Crippen molar-refractivity contribution in [2.24, 2.45) is 0 Å². The molecule has 0 saturated carbocycles. The largest absolute Gasteiger partial charge is 0.494 e. The Morgan fingerprint density at radius 2 is 1.95 bits per heavy atom. The van der Waals surface area contributed by atoms with Gasteiger partial charge in [0.2, 0.25) is 0 Å². The van der Waals surface area contributed by atoms with E-state index < -0.39 is 0 Å². The van der Waals surface area contributed by atoms with Gasteiger partial charge in [0.05, 0.1) is 13.2 Å². The van der Waals surface area contributed by atoms with Gasteiger partial charge in [0.25, 0.3) is 0 Å². The van der Waals surface area contributed by atoms with E-state index in [0.29, 0.717) is 13.0 Å². The van der Waals surface area contributed by atoms with Crippen LogP contribution in [0, 0.1) is 0 Å². The van der Waals surface area contributed by atoms with E-state index in [1.165, 1.54) is 0 Å². The number of quaternary nitrogens is 1. The number of hydrogen-bond acceptors (Lipinski definition) is 3. The minimum Gasteiger partial charge on any atom is -0.494 e. The zero-order valence-corrected chi connectivity index (χ0v) is 11.9. The van der Waals surface area contributed by atoms with Crippen molar-refractivity contribution in [3.8, 4) is 5.75 Å². The molecule has 1 aromatic rings. The highest BCUT2D eigenvalue weighted by atomic mass is 16.5. The van der Waals surface area contributed by atoms with Crippen molar-refractivity contribution >= 4 is 5.97 Å². The van der Waals surface area contributed by atoms with E-state index in [1.54, 1.807) is 6.92 Å². The van der Waals surface area contributed by atoms with E-state index in [2.05, 4.69) is 12.7 Å². The van der Waals surface area contributed by atoms with Crippen LogP contribution in [0.1, 0.15) is 44.7 Å². The lowest BCUT2D eigenvalue weighted by molar-refractivity contribution is -0.425. The second kappa shape index (κ2) is 8.53. The molecular formula is C15H24NO3+. The van der Waals surface area contributed by atoms with Crippen molar-refractivity contribution in [2.45, 2.75) is 39.2 Å². The summed E-state index contributed by atoms with van der Waals surface area (Å²) in [5.74, 6) is 0.659. The van der Waals surface area contributed by atoms with Crippen molar-refractivity contribution in [3.05, 3.63) is 29.8 Å². The maximum Gasteiger partial charge on any atom is 0.312 e. The second-order valence-corrected chi connectivity index (χ2v) is 4.48. The van der Waals surface area contributed by atoms with Crippen molar-refractivity contribution in [3.63, 3.8) is 0 Å². The van der Waals surface area contributed by atoms with Gasteiger partial charge in [-0.3, -0.25) is 4.79 Å². The van der Waals surface area contributed by atoms with E-state index in [-0.39, 0.29) is 12.0 Å². The summed E-state index contributed by atoms with van der Waals surface area (Å²) < 4.78 is 10.5. The summed E-state index contributed by atoms with van der Waals surface area (Å²) in [6, 6.07) is 7.68. The van der Waals surface area contributed by atoms with E-state index in [9.17, 15) is 4.79 Å². The monoisotopic (exact) mass is 266 g/mol. The summed E-state index contributed by atoms with van der Waals surface area (Å²) >= 11 is 0. The van der Waals surface area contributed by atoms with Gasteiger partial charge < -0.3 is 15.2 Å². The highest BCUT2D eigenvalue weighted by Crippen LogP contribution is 2.18. The first kappa shape index (κ1) is 15.5. The molecule has 0 aliphatic rings. The third-order valence-electron chi connectivity index (χ3n) is 2.84. The SMILES string of the molecule is CCCCOc1ccc([C@@H]([NH3+])CC(=O)OCC)cc1. The van der Waals surface area contributed by atoms with Crippen LogP contribution in [0.3, 0.4) is 0 Å². The molecule has 0 aliphatic carbocycles. The van der Waals surface area contributed by atoms with Crippen LogP contribution >= 0.6 is 0 Å². The first-order valence-corrected chi connectivity index (χ1v) is 6.88. The number of benzene rings is 1. The van der Waals surface area contributed by atoms with Crippen LogP contribution in [0.2, 0.25) is 0 Å². The number of hydrogen-bond donors (Lipinski definition) is 1. The molecule has 0 spiro atoms. The molecule has 1 atom stereocenters. The molecule has 0 saturated heterocycles. The normalized spacial score (nSPS) is 11.9. The third kappa shape index (κ3) is 5.75. The summed E-state index contributed by atoms with van der Waals surface area (Å²) in [4.78, 5) is 11.4. The Kier molecular flexibility index (Phi) is 6.97. The fourth-order valence-electron chi connectivity index (χ4n) is 1.71. The van der Waals surface area contributed by atoms with Crippen LogP contribution in [0.5, 0.6) is 5.75 Å². The van der Waals surface area contributed by atoms with Crippen LogP contribution in [0.25, 0.3) is 0 Å². The fraction of sp³-hybridized carbons (Fsp3) is 0.533. The standard InChI is InChI=1S/C15H23NO3/c1-3-5-10-19-13-8-6-12(7-9-13)14(16)11-15(17)18-4-2/h6-9,14H,3-5,10-11,16H2,1-2H3/p+1/t14-/m0/s1. The number of carbonyl (C=O) groups is 1. The molecule has 0 radical (unpaired) electrons. The van der Waals surface area contributed by atoms with Gasteiger partial charge >= 0.3 is 5.97 Å². The number of esters is 1. The topological polar surface area (TPSA) is 63.2 Å². The lowest BCUT2D eigenvalue weighted by atomic mass is 10.0. The second-order valence-electron chi connectivity index (χ2n) is 4.48. The fourth-order valence-corrected chi connectivity index (χ4v) is 1.71. The molecule has 4 nitrogen and oxygen atoms in total. The Morgan fingerprint density at radius 3 is 2.53 bits per heavy atom. The first-order valence-electron chi connectivity index (χ1n) is 6.88. The minimum atomic E-state index is -0.203. The van der Waals surface area contributed by atoms with Gasteiger partial charge in [-0.05, 0) is 37.6 Å². The van der Waals surface area contributed by atoms with Crippen LogP contribution in [-0.2, 0) is 9.53 Å². The van der Waals surface area contributed by atoms with Gasteiger partial charge in [0, 0.05) is 5.56 Å². The highest BCUT2D eigenvalue weighted by Gasteiger charge is 2.15. The van der Waals surface area contributed by atoms with Gasteiger partial charge in [-0.15, -0.1) is 0 Å². The van der Waals surface area contributed by atoms with Crippen molar-refractivity contribution in [1.82, 2.24) is 0 Å². The quantitative estimate of drug-likeness (QED) is 0.579. The summed E-state index contributed by atoms with van der Waals surface area (Å²) in [7, 11) is 0. The maximum absolute atomic E-state index is 11.4. The molecule has 19 heavy (non-hydrogen) atoms. The zero-order valence-electron chi connectivity index (χ0n) is 11.9. The molecule has 1 aromatic carbocycles. The Bertz CT molecular complexity index is 375. The molecule has 106 valence electrons. The molecule has 0 aromatic heterocycles. The van der Waals surface area contributed by atoms with E-state index in [0.717, 1.165) is 30.8 Å². The minimum absolute atomic E-state index is 0.0799. The van der Waals surface area contributed by atoms with Crippen molar-refractivity contribution in [1.29, 1.82) is 0 Å². The predicted molar refractivity (Wildman–Crippen MR) is 73.7 cm³/mol. The Hall–Kier alpha value is -1.55. The predicted octanol–water partition coefficient (Wildman–Crippen LogP) is 2.10. The molecular weight excluding hydrogens is 242 g/mol. The van der Waals surface area contributed by atoms with Crippen molar-refractivity contribution < 1.29 is 20.0 Å². The molecule has 0 fully saturated rings. The third-order valence-corrected chi connectivity index (χ3v) is 2.84. The molecule has 4 heteroatoms. The van der Waals surface area contributed by atoms with Gasteiger partial charge in [-0.25, -0.2) is 0 Å². The molecule has 3 N–H and O–H groups in total.